The number of methoxy groups -OCH3 is 2. The minimum Gasteiger partial charge on any atom is -0.497 e. The molecule has 7 heteroatoms. The Labute approximate surface area is 128 Å². The van der Waals surface area contributed by atoms with Crippen LogP contribution in [-0.2, 0) is 6.54 Å². The zero-order valence-corrected chi connectivity index (χ0v) is 12.9. The molecule has 1 aromatic carbocycles. The minimum absolute atomic E-state index is 0.245. The lowest BCUT2D eigenvalue weighted by atomic mass is 10.2. The standard InChI is InChI=1S/C14H17ClN4O2/c1-19(14-12(16)13(15)17-8-18-14)7-9-4-10(20-2)6-11(5-9)21-3/h4-6,8H,7,16H2,1-3H3. The highest BCUT2D eigenvalue weighted by atomic mass is 35.5. The maximum atomic E-state index is 5.91. The van der Waals surface area contributed by atoms with Crippen LogP contribution in [0.15, 0.2) is 24.5 Å². The van der Waals surface area contributed by atoms with Crippen molar-refractivity contribution in [2.45, 2.75) is 6.54 Å². The van der Waals surface area contributed by atoms with Crippen molar-refractivity contribution in [1.82, 2.24) is 9.97 Å². The third-order valence-electron chi connectivity index (χ3n) is 3.01. The topological polar surface area (TPSA) is 73.5 Å². The summed E-state index contributed by atoms with van der Waals surface area (Å²) in [6, 6.07) is 5.68. The van der Waals surface area contributed by atoms with E-state index in [1.54, 1.807) is 14.2 Å². The van der Waals surface area contributed by atoms with Crippen molar-refractivity contribution < 1.29 is 9.47 Å². The van der Waals surface area contributed by atoms with Gasteiger partial charge in [-0.25, -0.2) is 9.97 Å². The predicted octanol–water partition coefficient (Wildman–Crippen LogP) is 2.37. The van der Waals surface area contributed by atoms with Crippen LogP contribution in [0.5, 0.6) is 11.5 Å². The van der Waals surface area contributed by atoms with E-state index in [4.69, 9.17) is 26.8 Å². The van der Waals surface area contributed by atoms with Gasteiger partial charge < -0.3 is 20.1 Å². The van der Waals surface area contributed by atoms with E-state index in [1.807, 2.05) is 30.1 Å². The lowest BCUT2D eigenvalue weighted by molar-refractivity contribution is 0.393. The first-order valence-electron chi connectivity index (χ1n) is 6.24. The molecule has 112 valence electrons. The fraction of sp³-hybridized carbons (Fsp3) is 0.286. The molecule has 0 aliphatic heterocycles. The van der Waals surface area contributed by atoms with Crippen molar-refractivity contribution in [3.8, 4) is 11.5 Å². The lowest BCUT2D eigenvalue weighted by Gasteiger charge is -2.20. The monoisotopic (exact) mass is 308 g/mol. The van der Waals surface area contributed by atoms with Gasteiger partial charge in [-0.05, 0) is 17.7 Å². The number of aromatic nitrogens is 2. The molecule has 6 nitrogen and oxygen atoms in total. The number of nitrogens with two attached hydrogens (primary N) is 1. The Balaban J connectivity index is 2.26. The van der Waals surface area contributed by atoms with Gasteiger partial charge in [0.2, 0.25) is 0 Å². The summed E-state index contributed by atoms with van der Waals surface area (Å²) in [6.07, 6.45) is 1.39. The SMILES string of the molecule is COc1cc(CN(C)c2ncnc(Cl)c2N)cc(OC)c1. The van der Waals surface area contributed by atoms with Crippen LogP contribution in [0.3, 0.4) is 0 Å². The van der Waals surface area contributed by atoms with Crippen LogP contribution < -0.4 is 20.1 Å². The van der Waals surface area contributed by atoms with Crippen LogP contribution in [0.4, 0.5) is 11.5 Å². The van der Waals surface area contributed by atoms with E-state index in [1.165, 1.54) is 6.33 Å². The van der Waals surface area contributed by atoms with Gasteiger partial charge in [0, 0.05) is 19.7 Å². The lowest BCUT2D eigenvalue weighted by Crippen LogP contribution is -2.19. The fourth-order valence-electron chi connectivity index (χ4n) is 1.98. The second-order valence-corrected chi connectivity index (χ2v) is 4.84. The normalized spacial score (nSPS) is 10.3. The molecule has 2 aromatic rings. The van der Waals surface area contributed by atoms with E-state index in [0.717, 1.165) is 17.1 Å². The molecule has 0 aliphatic rings. The molecule has 0 aliphatic carbocycles. The van der Waals surface area contributed by atoms with E-state index >= 15 is 0 Å². The van der Waals surface area contributed by atoms with Crippen molar-refractivity contribution >= 4 is 23.1 Å². The van der Waals surface area contributed by atoms with Crippen LogP contribution in [0.1, 0.15) is 5.56 Å². The Kier molecular flexibility index (Phi) is 4.70. The van der Waals surface area contributed by atoms with E-state index < -0.39 is 0 Å². The molecule has 0 spiro atoms. The molecule has 1 heterocycles. The molecule has 2 rings (SSSR count). The van der Waals surface area contributed by atoms with E-state index in [2.05, 4.69) is 9.97 Å². The Morgan fingerprint density at radius 3 is 2.33 bits per heavy atom. The number of anilines is 2. The second-order valence-electron chi connectivity index (χ2n) is 4.48. The van der Waals surface area contributed by atoms with E-state index in [-0.39, 0.29) is 5.15 Å². The average molecular weight is 309 g/mol. The number of nitrogens with zero attached hydrogens (tertiary/aromatic N) is 3. The molecule has 0 unspecified atom stereocenters. The van der Waals surface area contributed by atoms with Crippen LogP contribution in [-0.4, -0.2) is 31.2 Å². The summed E-state index contributed by atoms with van der Waals surface area (Å²) in [6.45, 7) is 0.575. The van der Waals surface area contributed by atoms with Gasteiger partial charge >= 0.3 is 0 Å². The summed E-state index contributed by atoms with van der Waals surface area (Å²) < 4.78 is 10.5. The van der Waals surface area contributed by atoms with Crippen molar-refractivity contribution in [2.24, 2.45) is 0 Å². The Morgan fingerprint density at radius 2 is 1.76 bits per heavy atom. The molecule has 0 amide bonds. The third-order valence-corrected chi connectivity index (χ3v) is 3.31. The smallest absolute Gasteiger partial charge is 0.157 e. The van der Waals surface area contributed by atoms with E-state index in [0.29, 0.717) is 18.1 Å². The van der Waals surface area contributed by atoms with Crippen LogP contribution in [0.2, 0.25) is 5.15 Å². The maximum Gasteiger partial charge on any atom is 0.157 e. The Morgan fingerprint density at radius 1 is 1.14 bits per heavy atom. The Hall–Kier alpha value is -2.21. The van der Waals surface area contributed by atoms with Crippen molar-refractivity contribution in [3.05, 3.63) is 35.2 Å². The summed E-state index contributed by atoms with van der Waals surface area (Å²) in [4.78, 5) is 9.90. The Bertz CT molecular complexity index is 614. The van der Waals surface area contributed by atoms with Crippen LogP contribution in [0, 0.1) is 0 Å². The molecule has 0 atom stereocenters. The average Bonchev–Trinajstić information content (AvgIpc) is 2.49. The van der Waals surface area contributed by atoms with Gasteiger partial charge in [-0.15, -0.1) is 0 Å². The van der Waals surface area contributed by atoms with Gasteiger partial charge in [-0.2, -0.15) is 0 Å². The van der Waals surface area contributed by atoms with Crippen molar-refractivity contribution in [1.29, 1.82) is 0 Å². The first-order valence-corrected chi connectivity index (χ1v) is 6.62. The van der Waals surface area contributed by atoms with E-state index in [9.17, 15) is 0 Å². The molecule has 0 radical (unpaired) electrons. The number of ether oxygens (including phenoxy) is 2. The quantitative estimate of drug-likeness (QED) is 0.855. The molecule has 1 aromatic heterocycles. The van der Waals surface area contributed by atoms with Crippen molar-refractivity contribution in [2.75, 3.05) is 31.9 Å². The number of nitrogen functional groups attached to an aromatic ring is 1. The molecule has 2 N–H and O–H groups in total. The second kappa shape index (κ2) is 6.49. The summed E-state index contributed by atoms with van der Waals surface area (Å²) in [5, 5.41) is 0.245. The van der Waals surface area contributed by atoms with Gasteiger partial charge in [0.1, 0.15) is 23.5 Å². The molecule has 0 fully saturated rings. The van der Waals surface area contributed by atoms with Crippen LogP contribution >= 0.6 is 11.6 Å². The minimum atomic E-state index is 0.245. The van der Waals surface area contributed by atoms with Crippen LogP contribution in [0.25, 0.3) is 0 Å². The maximum absolute atomic E-state index is 5.91. The first-order chi connectivity index (χ1) is 10.0. The molecule has 0 saturated carbocycles. The molecule has 0 bridgehead atoms. The van der Waals surface area contributed by atoms with Crippen molar-refractivity contribution in [3.63, 3.8) is 0 Å². The first kappa shape index (κ1) is 15.2. The fourth-order valence-corrected chi connectivity index (χ4v) is 2.10. The number of hydrogen-bond donors (Lipinski definition) is 1. The summed E-state index contributed by atoms with van der Waals surface area (Å²) in [5.41, 5.74) is 7.26. The highest BCUT2D eigenvalue weighted by Crippen LogP contribution is 2.28. The molecular weight excluding hydrogens is 292 g/mol. The molecule has 21 heavy (non-hydrogen) atoms. The summed E-state index contributed by atoms with van der Waals surface area (Å²) >= 11 is 5.91. The highest BCUT2D eigenvalue weighted by molar-refractivity contribution is 6.32. The van der Waals surface area contributed by atoms with Gasteiger partial charge in [0.15, 0.2) is 11.0 Å². The zero-order chi connectivity index (χ0) is 15.4. The largest absolute Gasteiger partial charge is 0.497 e. The summed E-state index contributed by atoms with van der Waals surface area (Å²) in [7, 11) is 5.11. The number of hydrogen-bond acceptors (Lipinski definition) is 6. The summed E-state index contributed by atoms with van der Waals surface area (Å²) in [5.74, 6) is 2.04. The molecule has 0 saturated heterocycles. The number of benzene rings is 1. The van der Waals surface area contributed by atoms with Gasteiger partial charge in [-0.1, -0.05) is 11.6 Å². The number of rotatable bonds is 5. The predicted molar refractivity (Wildman–Crippen MR) is 83.1 cm³/mol. The van der Waals surface area contributed by atoms with Gasteiger partial charge in [-0.3, -0.25) is 0 Å². The number of halogens is 1. The molecular formula is C14H17ClN4O2. The highest BCUT2D eigenvalue weighted by Gasteiger charge is 2.12. The zero-order valence-electron chi connectivity index (χ0n) is 12.1. The van der Waals surface area contributed by atoms with Gasteiger partial charge in [0.25, 0.3) is 0 Å². The third kappa shape index (κ3) is 3.46. The van der Waals surface area contributed by atoms with Gasteiger partial charge in [0.05, 0.1) is 14.2 Å².